The van der Waals surface area contributed by atoms with Gasteiger partial charge in [0.2, 0.25) is 0 Å². The van der Waals surface area contributed by atoms with Gasteiger partial charge in [-0.25, -0.2) is 15.0 Å². The van der Waals surface area contributed by atoms with Gasteiger partial charge >= 0.3 is 0 Å². The minimum atomic E-state index is -0.0515. The van der Waals surface area contributed by atoms with Crippen LogP contribution in [-0.2, 0) is 4.74 Å². The average molecular weight is 576 g/mol. The molecule has 3 N–H and O–H groups in total. The van der Waals surface area contributed by atoms with E-state index < -0.39 is 0 Å². The molecule has 0 aliphatic heterocycles. The molecule has 1 aliphatic carbocycles. The Balaban J connectivity index is 1.74. The highest BCUT2D eigenvalue weighted by atomic mass is 16.5. The van der Waals surface area contributed by atoms with Crippen LogP contribution in [0.25, 0.3) is 28.3 Å². The van der Waals surface area contributed by atoms with Crippen LogP contribution in [0.5, 0.6) is 23.0 Å². The Kier molecular flexibility index (Phi) is 11.0. The number of nitrogens with zero attached hydrogens (tertiary/aromatic N) is 3. The number of aromatic hydroxyl groups is 2. The van der Waals surface area contributed by atoms with E-state index in [-0.39, 0.29) is 34.7 Å². The van der Waals surface area contributed by atoms with Gasteiger partial charge in [-0.05, 0) is 49.9 Å². The standard InChI is InChI=1S/C33H41N3O6/c1-4-7-16-40-22-10-13-25(28(37)19-22)31-34-32(26-14-11-23(20-29(26)38)41-17-8-5-2)36-33(35-31)27-15-12-24(21-30(27)39)42-18-9-6-3/h10-11,13-14,19-21,37-39H,4-9,12,15-18H2,1-3H3. The van der Waals surface area contributed by atoms with E-state index in [0.717, 1.165) is 38.5 Å². The topological polar surface area (TPSA) is 127 Å². The minimum absolute atomic E-state index is 0.0173. The predicted molar refractivity (Wildman–Crippen MR) is 163 cm³/mol. The first-order chi connectivity index (χ1) is 20.4. The van der Waals surface area contributed by atoms with E-state index in [1.807, 2.05) is 0 Å². The number of phenols is 2. The number of ether oxygens (including phenoxy) is 3. The first-order valence-electron chi connectivity index (χ1n) is 14.9. The smallest absolute Gasteiger partial charge is 0.167 e. The van der Waals surface area contributed by atoms with Crippen LogP contribution in [-0.4, -0.2) is 50.1 Å². The fourth-order valence-corrected chi connectivity index (χ4v) is 4.38. The molecule has 224 valence electrons. The molecule has 0 unspecified atom stereocenters. The molecule has 2 aromatic carbocycles. The van der Waals surface area contributed by atoms with Crippen LogP contribution in [0.1, 0.15) is 78.0 Å². The quantitative estimate of drug-likeness (QED) is 0.156. The molecule has 0 amide bonds. The van der Waals surface area contributed by atoms with E-state index in [1.165, 1.54) is 12.1 Å². The van der Waals surface area contributed by atoms with E-state index in [1.54, 1.807) is 30.3 Å². The second-order valence-corrected chi connectivity index (χ2v) is 10.2. The summed E-state index contributed by atoms with van der Waals surface area (Å²) < 4.78 is 17.3. The zero-order valence-electron chi connectivity index (χ0n) is 24.7. The van der Waals surface area contributed by atoms with Crippen LogP contribution in [0, 0.1) is 0 Å². The van der Waals surface area contributed by atoms with Gasteiger partial charge in [0.1, 0.15) is 28.8 Å². The third-order valence-corrected chi connectivity index (χ3v) is 6.87. The van der Waals surface area contributed by atoms with Crippen molar-refractivity contribution in [2.75, 3.05) is 19.8 Å². The molecule has 3 aromatic rings. The molecule has 1 aliphatic rings. The maximum absolute atomic E-state index is 11.0. The summed E-state index contributed by atoms with van der Waals surface area (Å²) in [5.41, 5.74) is 1.27. The zero-order valence-corrected chi connectivity index (χ0v) is 24.7. The van der Waals surface area contributed by atoms with Crippen LogP contribution in [0.2, 0.25) is 0 Å². The largest absolute Gasteiger partial charge is 0.507 e. The molecular weight excluding hydrogens is 534 g/mol. The van der Waals surface area contributed by atoms with Crippen LogP contribution in [0.15, 0.2) is 54.0 Å². The van der Waals surface area contributed by atoms with Crippen molar-refractivity contribution in [1.82, 2.24) is 15.0 Å². The summed E-state index contributed by atoms with van der Waals surface area (Å²) in [6.07, 6.45) is 8.44. The number of rotatable bonds is 15. The highest BCUT2D eigenvalue weighted by molar-refractivity contribution is 5.74. The first-order valence-corrected chi connectivity index (χ1v) is 14.9. The van der Waals surface area contributed by atoms with Crippen LogP contribution in [0.3, 0.4) is 0 Å². The van der Waals surface area contributed by atoms with Crippen molar-refractivity contribution in [3.63, 3.8) is 0 Å². The molecule has 0 bridgehead atoms. The van der Waals surface area contributed by atoms with Crippen molar-refractivity contribution in [2.45, 2.75) is 72.1 Å². The lowest BCUT2D eigenvalue weighted by Gasteiger charge is -2.18. The summed E-state index contributed by atoms with van der Waals surface area (Å²) in [5, 5.41) is 32.8. The second kappa shape index (κ2) is 15.1. The highest BCUT2D eigenvalue weighted by Crippen LogP contribution is 2.37. The van der Waals surface area contributed by atoms with E-state index >= 15 is 0 Å². The Bertz CT molecular complexity index is 1340. The lowest BCUT2D eigenvalue weighted by molar-refractivity contribution is 0.195. The van der Waals surface area contributed by atoms with Crippen LogP contribution in [0.4, 0.5) is 0 Å². The lowest BCUT2D eigenvalue weighted by Crippen LogP contribution is -2.08. The number of unbranched alkanes of at least 4 members (excludes halogenated alkanes) is 3. The summed E-state index contributed by atoms with van der Waals surface area (Å²) in [7, 11) is 0. The summed E-state index contributed by atoms with van der Waals surface area (Å²) in [6.45, 7) is 7.97. The summed E-state index contributed by atoms with van der Waals surface area (Å²) in [4.78, 5) is 13.9. The van der Waals surface area contributed by atoms with Gasteiger partial charge in [0.15, 0.2) is 17.5 Å². The molecule has 0 saturated carbocycles. The van der Waals surface area contributed by atoms with Gasteiger partial charge in [0.25, 0.3) is 0 Å². The Morgan fingerprint density at radius 3 is 1.55 bits per heavy atom. The number of phenolic OH excluding ortho intramolecular Hbond substituents is 2. The van der Waals surface area contributed by atoms with Gasteiger partial charge in [0, 0.05) is 30.2 Å². The molecule has 9 nitrogen and oxygen atoms in total. The molecule has 4 rings (SSSR count). The molecule has 0 saturated heterocycles. The number of aromatic nitrogens is 3. The SMILES string of the molecule is CCCCOC1=CC(O)=C(c2nc(-c3ccc(OCCCC)cc3O)nc(-c3ccc(OCCCC)cc3O)n2)CC1. The van der Waals surface area contributed by atoms with Crippen molar-refractivity contribution >= 4 is 5.57 Å². The van der Waals surface area contributed by atoms with E-state index in [9.17, 15) is 15.3 Å². The number of aliphatic hydroxyl groups excluding tert-OH is 1. The third-order valence-electron chi connectivity index (χ3n) is 6.87. The van der Waals surface area contributed by atoms with Gasteiger partial charge in [0.05, 0.1) is 36.7 Å². The Morgan fingerprint density at radius 1 is 0.619 bits per heavy atom. The molecule has 0 spiro atoms. The average Bonchev–Trinajstić information content (AvgIpc) is 2.97. The van der Waals surface area contributed by atoms with Crippen molar-refractivity contribution in [3.8, 4) is 45.8 Å². The fourth-order valence-electron chi connectivity index (χ4n) is 4.38. The van der Waals surface area contributed by atoms with Crippen molar-refractivity contribution in [3.05, 3.63) is 59.8 Å². The molecule has 42 heavy (non-hydrogen) atoms. The number of hydrogen-bond acceptors (Lipinski definition) is 9. The lowest BCUT2D eigenvalue weighted by atomic mass is 10.0. The molecule has 0 fully saturated rings. The van der Waals surface area contributed by atoms with Gasteiger partial charge < -0.3 is 29.5 Å². The molecule has 1 heterocycles. The first kappa shape index (κ1) is 30.7. The second-order valence-electron chi connectivity index (χ2n) is 10.2. The number of aliphatic hydroxyl groups is 1. The van der Waals surface area contributed by atoms with E-state index in [2.05, 4.69) is 35.7 Å². The molecular formula is C33H41N3O6. The van der Waals surface area contributed by atoms with Crippen molar-refractivity contribution in [1.29, 1.82) is 0 Å². The Labute approximate surface area is 247 Å². The van der Waals surface area contributed by atoms with Gasteiger partial charge in [-0.3, -0.25) is 0 Å². The number of allylic oxidation sites excluding steroid dienone is 3. The Hall–Kier alpha value is -4.27. The minimum Gasteiger partial charge on any atom is -0.507 e. The maximum atomic E-state index is 11.0. The number of benzene rings is 2. The monoisotopic (exact) mass is 575 g/mol. The molecule has 1 aromatic heterocycles. The fraction of sp³-hybridized carbons (Fsp3) is 0.424. The molecule has 9 heteroatoms. The van der Waals surface area contributed by atoms with Gasteiger partial charge in [-0.1, -0.05) is 40.0 Å². The Morgan fingerprint density at radius 2 is 1.10 bits per heavy atom. The molecule has 0 atom stereocenters. The van der Waals surface area contributed by atoms with E-state index in [4.69, 9.17) is 14.2 Å². The van der Waals surface area contributed by atoms with Gasteiger partial charge in [-0.15, -0.1) is 0 Å². The van der Waals surface area contributed by atoms with Crippen LogP contribution >= 0.6 is 0 Å². The van der Waals surface area contributed by atoms with Crippen molar-refractivity contribution < 1.29 is 29.5 Å². The van der Waals surface area contributed by atoms with Gasteiger partial charge in [-0.2, -0.15) is 0 Å². The highest BCUT2D eigenvalue weighted by Gasteiger charge is 2.22. The van der Waals surface area contributed by atoms with Crippen molar-refractivity contribution in [2.24, 2.45) is 0 Å². The summed E-state index contributed by atoms with van der Waals surface area (Å²) >= 11 is 0. The summed E-state index contributed by atoms with van der Waals surface area (Å²) in [5.74, 6) is 2.37. The number of hydrogen-bond donors (Lipinski definition) is 3. The normalized spacial score (nSPS) is 13.2. The molecule has 0 radical (unpaired) electrons. The predicted octanol–water partition coefficient (Wildman–Crippen LogP) is 7.74. The summed E-state index contributed by atoms with van der Waals surface area (Å²) in [6, 6.07) is 9.97. The zero-order chi connectivity index (χ0) is 29.9. The van der Waals surface area contributed by atoms with Crippen LogP contribution < -0.4 is 9.47 Å². The van der Waals surface area contributed by atoms with E-state index in [0.29, 0.717) is 66.6 Å². The third kappa shape index (κ3) is 7.93. The maximum Gasteiger partial charge on any atom is 0.167 e.